The Morgan fingerprint density at radius 1 is 1.00 bits per heavy atom. The highest BCUT2D eigenvalue weighted by molar-refractivity contribution is 6.03. The smallest absolute Gasteiger partial charge is 0.258 e. The summed E-state index contributed by atoms with van der Waals surface area (Å²) in [5.41, 5.74) is 1.82. The topological polar surface area (TPSA) is 58.1 Å². The first-order valence-corrected chi connectivity index (χ1v) is 9.86. The van der Waals surface area contributed by atoms with Gasteiger partial charge in [-0.3, -0.25) is 4.79 Å². The number of amides is 1. The van der Waals surface area contributed by atoms with Gasteiger partial charge in [-0.15, -0.1) is 0 Å². The Hall–Kier alpha value is -3.28. The summed E-state index contributed by atoms with van der Waals surface area (Å²) in [6.07, 6.45) is 6.27. The molecule has 1 aliphatic heterocycles. The average Bonchev–Trinajstić information content (AvgIpc) is 2.77. The van der Waals surface area contributed by atoms with Crippen molar-refractivity contribution in [1.82, 2.24) is 9.97 Å². The third-order valence-corrected chi connectivity index (χ3v) is 5.29. The highest BCUT2D eigenvalue weighted by Gasteiger charge is 2.21. The summed E-state index contributed by atoms with van der Waals surface area (Å²) in [4.78, 5) is 23.2. The number of aromatic nitrogens is 2. The van der Waals surface area contributed by atoms with Gasteiger partial charge in [0.2, 0.25) is 5.95 Å². The predicted molar refractivity (Wildman–Crippen MR) is 111 cm³/mol. The second kappa shape index (κ2) is 8.82. The summed E-state index contributed by atoms with van der Waals surface area (Å²) < 4.78 is 13.7. The van der Waals surface area contributed by atoms with E-state index in [4.69, 9.17) is 0 Å². The minimum absolute atomic E-state index is 0.141. The fourth-order valence-electron chi connectivity index (χ4n) is 3.64. The number of nitrogens with one attached hydrogen (secondary N) is 1. The number of para-hydroxylation sites is 1. The molecule has 1 N–H and O–H groups in total. The van der Waals surface area contributed by atoms with E-state index in [0.717, 1.165) is 32.4 Å². The van der Waals surface area contributed by atoms with Crippen molar-refractivity contribution in [3.05, 3.63) is 83.9 Å². The van der Waals surface area contributed by atoms with Gasteiger partial charge >= 0.3 is 0 Å². The number of carbonyl (C=O) groups excluding carboxylic acids is 1. The molecule has 0 atom stereocenters. The van der Waals surface area contributed by atoms with Gasteiger partial charge in [0.05, 0.1) is 11.3 Å². The van der Waals surface area contributed by atoms with Crippen LogP contribution in [0.2, 0.25) is 0 Å². The molecular weight excluding hydrogens is 367 g/mol. The van der Waals surface area contributed by atoms with E-state index in [-0.39, 0.29) is 5.69 Å². The second-order valence-corrected chi connectivity index (χ2v) is 7.33. The number of benzene rings is 2. The molecule has 0 aliphatic carbocycles. The van der Waals surface area contributed by atoms with Crippen molar-refractivity contribution in [2.45, 2.75) is 19.3 Å². The number of hydrogen-bond donors (Lipinski definition) is 1. The SMILES string of the molecule is O=C(Nc1ccccc1F)c1cnc(N2CCC(Cc3ccccc3)CC2)nc1. The van der Waals surface area contributed by atoms with Crippen LogP contribution in [-0.4, -0.2) is 29.0 Å². The van der Waals surface area contributed by atoms with Gasteiger partial charge in [-0.25, -0.2) is 14.4 Å². The standard InChI is InChI=1S/C23H23FN4O/c24-20-8-4-5-9-21(20)27-22(29)19-15-25-23(26-16-19)28-12-10-18(11-13-28)14-17-6-2-1-3-7-17/h1-9,15-16,18H,10-14H2,(H,27,29). The van der Waals surface area contributed by atoms with E-state index in [0.29, 0.717) is 17.4 Å². The molecular formula is C23H23FN4O. The molecule has 6 heteroatoms. The van der Waals surface area contributed by atoms with Crippen molar-refractivity contribution in [2.24, 2.45) is 5.92 Å². The van der Waals surface area contributed by atoms with E-state index in [2.05, 4.69) is 44.5 Å². The Kier molecular flexibility index (Phi) is 5.79. The molecule has 29 heavy (non-hydrogen) atoms. The summed E-state index contributed by atoms with van der Waals surface area (Å²) >= 11 is 0. The van der Waals surface area contributed by atoms with Crippen molar-refractivity contribution in [3.63, 3.8) is 0 Å². The number of hydrogen-bond acceptors (Lipinski definition) is 4. The molecule has 0 bridgehead atoms. The summed E-state index contributed by atoms with van der Waals surface area (Å²) in [5, 5.41) is 2.55. The molecule has 0 radical (unpaired) electrons. The molecule has 1 amide bonds. The zero-order valence-electron chi connectivity index (χ0n) is 16.1. The maximum absolute atomic E-state index is 13.7. The summed E-state index contributed by atoms with van der Waals surface area (Å²) in [6.45, 7) is 1.80. The molecule has 5 nitrogen and oxygen atoms in total. The minimum atomic E-state index is -0.475. The van der Waals surface area contributed by atoms with Gasteiger partial charge in [0.1, 0.15) is 5.82 Å². The zero-order valence-corrected chi connectivity index (χ0v) is 16.1. The van der Waals surface area contributed by atoms with Gasteiger partial charge in [-0.05, 0) is 42.9 Å². The molecule has 1 aromatic heterocycles. The van der Waals surface area contributed by atoms with Crippen LogP contribution in [0.4, 0.5) is 16.0 Å². The van der Waals surface area contributed by atoms with E-state index < -0.39 is 11.7 Å². The van der Waals surface area contributed by atoms with Gasteiger partial charge < -0.3 is 10.2 Å². The lowest BCUT2D eigenvalue weighted by atomic mass is 9.90. The zero-order chi connectivity index (χ0) is 20.1. The largest absolute Gasteiger partial charge is 0.341 e. The monoisotopic (exact) mass is 390 g/mol. The van der Waals surface area contributed by atoms with Crippen molar-refractivity contribution in [1.29, 1.82) is 0 Å². The second-order valence-electron chi connectivity index (χ2n) is 7.33. The lowest BCUT2D eigenvalue weighted by Gasteiger charge is -2.32. The normalized spacial score (nSPS) is 14.6. The van der Waals surface area contributed by atoms with Gasteiger partial charge in [0.25, 0.3) is 5.91 Å². The maximum Gasteiger partial charge on any atom is 0.258 e. The quantitative estimate of drug-likeness (QED) is 0.705. The van der Waals surface area contributed by atoms with E-state index in [9.17, 15) is 9.18 Å². The van der Waals surface area contributed by atoms with Crippen LogP contribution in [0.1, 0.15) is 28.8 Å². The van der Waals surface area contributed by atoms with Crippen LogP contribution in [0, 0.1) is 11.7 Å². The van der Waals surface area contributed by atoms with E-state index in [1.807, 2.05) is 6.07 Å². The van der Waals surface area contributed by atoms with Crippen molar-refractivity contribution >= 4 is 17.5 Å². The van der Waals surface area contributed by atoms with E-state index in [1.165, 1.54) is 30.1 Å². The molecule has 3 aromatic rings. The van der Waals surface area contributed by atoms with Crippen LogP contribution in [-0.2, 0) is 6.42 Å². The van der Waals surface area contributed by atoms with E-state index in [1.54, 1.807) is 12.1 Å². The van der Waals surface area contributed by atoms with Crippen LogP contribution >= 0.6 is 0 Å². The Balaban J connectivity index is 1.33. The minimum Gasteiger partial charge on any atom is -0.341 e. The van der Waals surface area contributed by atoms with Crippen LogP contribution in [0.25, 0.3) is 0 Å². The Morgan fingerprint density at radius 2 is 1.66 bits per heavy atom. The average molecular weight is 390 g/mol. The Morgan fingerprint density at radius 3 is 2.34 bits per heavy atom. The summed E-state index contributed by atoms with van der Waals surface area (Å²) in [5.74, 6) is 0.394. The van der Waals surface area contributed by atoms with Gasteiger partial charge in [-0.1, -0.05) is 42.5 Å². The number of rotatable bonds is 5. The van der Waals surface area contributed by atoms with Crippen molar-refractivity contribution in [2.75, 3.05) is 23.3 Å². The molecule has 0 saturated carbocycles. The number of nitrogens with zero attached hydrogens (tertiary/aromatic N) is 3. The first-order valence-electron chi connectivity index (χ1n) is 9.86. The van der Waals surface area contributed by atoms with Crippen molar-refractivity contribution in [3.8, 4) is 0 Å². The van der Waals surface area contributed by atoms with E-state index >= 15 is 0 Å². The fraction of sp³-hybridized carbons (Fsp3) is 0.261. The van der Waals surface area contributed by atoms with Gasteiger partial charge in [0.15, 0.2) is 0 Å². The highest BCUT2D eigenvalue weighted by atomic mass is 19.1. The third-order valence-electron chi connectivity index (χ3n) is 5.29. The number of halogens is 1. The Bertz CT molecular complexity index is 954. The van der Waals surface area contributed by atoms with Crippen LogP contribution in [0.15, 0.2) is 67.0 Å². The lowest BCUT2D eigenvalue weighted by molar-refractivity contribution is 0.102. The highest BCUT2D eigenvalue weighted by Crippen LogP contribution is 2.24. The third kappa shape index (κ3) is 4.77. The van der Waals surface area contributed by atoms with Crippen LogP contribution < -0.4 is 10.2 Å². The molecule has 1 aliphatic rings. The van der Waals surface area contributed by atoms with Gasteiger partial charge in [0, 0.05) is 25.5 Å². The maximum atomic E-state index is 13.7. The Labute approximate surface area is 169 Å². The number of anilines is 2. The summed E-state index contributed by atoms with van der Waals surface area (Å²) in [7, 11) is 0. The van der Waals surface area contributed by atoms with Crippen LogP contribution in [0.5, 0.6) is 0 Å². The van der Waals surface area contributed by atoms with Gasteiger partial charge in [-0.2, -0.15) is 0 Å². The lowest BCUT2D eigenvalue weighted by Crippen LogP contribution is -2.35. The molecule has 2 aromatic carbocycles. The van der Waals surface area contributed by atoms with Crippen LogP contribution in [0.3, 0.4) is 0 Å². The molecule has 2 heterocycles. The molecule has 0 unspecified atom stereocenters. The predicted octanol–water partition coefficient (Wildman–Crippen LogP) is 4.33. The first-order chi connectivity index (χ1) is 14.2. The fourth-order valence-corrected chi connectivity index (χ4v) is 3.64. The first kappa shape index (κ1) is 19.1. The molecule has 1 saturated heterocycles. The number of carbonyl (C=O) groups is 1. The molecule has 1 fully saturated rings. The molecule has 0 spiro atoms. The van der Waals surface area contributed by atoms with Crippen molar-refractivity contribution < 1.29 is 9.18 Å². The molecule has 148 valence electrons. The summed E-state index contributed by atoms with van der Waals surface area (Å²) in [6, 6.07) is 16.6. The number of piperidine rings is 1. The molecule has 4 rings (SSSR count).